The molecule has 3 rings (SSSR count). The first-order valence-electron chi connectivity index (χ1n) is 9.60. The van der Waals surface area contributed by atoms with E-state index in [-0.39, 0.29) is 23.3 Å². The van der Waals surface area contributed by atoms with Crippen molar-refractivity contribution in [1.29, 1.82) is 0 Å². The summed E-state index contributed by atoms with van der Waals surface area (Å²) in [6.07, 6.45) is 1.58. The molecular formula is C22H24FN5O2. The number of hydrogen-bond acceptors (Lipinski definition) is 4. The molecule has 0 bridgehead atoms. The van der Waals surface area contributed by atoms with Gasteiger partial charge in [0.15, 0.2) is 5.82 Å². The summed E-state index contributed by atoms with van der Waals surface area (Å²) in [7, 11) is 0. The summed E-state index contributed by atoms with van der Waals surface area (Å²) in [5.41, 5.74) is 2.50. The third kappa shape index (κ3) is 4.37. The third-order valence-electron chi connectivity index (χ3n) is 4.49. The second-order valence-electron chi connectivity index (χ2n) is 7.29. The number of aryl methyl sites for hydroxylation is 2. The molecular weight excluding hydrogens is 385 g/mol. The van der Waals surface area contributed by atoms with E-state index in [1.807, 2.05) is 26.8 Å². The van der Waals surface area contributed by atoms with Gasteiger partial charge in [0.25, 0.3) is 11.8 Å². The number of nitrogens with one attached hydrogen (secondary N) is 2. The fourth-order valence-corrected chi connectivity index (χ4v) is 3.06. The number of hydrogen-bond donors (Lipinski definition) is 2. The number of carbonyl (C=O) groups excluding carboxylic acids is 2. The van der Waals surface area contributed by atoms with Crippen molar-refractivity contribution in [2.24, 2.45) is 0 Å². The topological polar surface area (TPSA) is 88.9 Å². The summed E-state index contributed by atoms with van der Waals surface area (Å²) < 4.78 is 14.6. The highest BCUT2D eigenvalue weighted by Crippen LogP contribution is 2.23. The van der Waals surface area contributed by atoms with E-state index >= 15 is 0 Å². The number of anilines is 1. The van der Waals surface area contributed by atoms with Gasteiger partial charge in [-0.25, -0.2) is 14.1 Å². The maximum Gasteiger partial charge on any atom is 0.274 e. The van der Waals surface area contributed by atoms with Crippen LogP contribution in [0.2, 0.25) is 0 Å². The Labute approximate surface area is 174 Å². The maximum atomic E-state index is 13.3. The molecule has 156 valence electrons. The highest BCUT2D eigenvalue weighted by Gasteiger charge is 2.22. The first-order chi connectivity index (χ1) is 14.3. The van der Waals surface area contributed by atoms with Crippen LogP contribution in [-0.2, 0) is 6.67 Å². The van der Waals surface area contributed by atoms with Crippen molar-refractivity contribution in [2.45, 2.75) is 40.4 Å². The van der Waals surface area contributed by atoms with Crippen LogP contribution in [0.4, 0.5) is 10.1 Å². The molecule has 0 fully saturated rings. The number of para-hydroxylation sites is 1. The maximum absolute atomic E-state index is 13.3. The summed E-state index contributed by atoms with van der Waals surface area (Å²) in [5.74, 6) is -0.368. The van der Waals surface area contributed by atoms with Gasteiger partial charge in [0.2, 0.25) is 0 Å². The number of nitrogens with zero attached hydrogens (tertiary/aromatic N) is 3. The van der Waals surface area contributed by atoms with Crippen molar-refractivity contribution in [2.75, 3.05) is 5.32 Å². The van der Waals surface area contributed by atoms with E-state index in [9.17, 15) is 14.0 Å². The number of amides is 2. The van der Waals surface area contributed by atoms with Crippen LogP contribution < -0.4 is 10.6 Å². The molecule has 2 N–H and O–H groups in total. The van der Waals surface area contributed by atoms with Crippen LogP contribution in [0.15, 0.2) is 42.6 Å². The van der Waals surface area contributed by atoms with Crippen LogP contribution in [-0.4, -0.2) is 32.6 Å². The molecule has 30 heavy (non-hydrogen) atoms. The van der Waals surface area contributed by atoms with Crippen molar-refractivity contribution in [1.82, 2.24) is 20.1 Å². The number of pyridine rings is 1. The van der Waals surface area contributed by atoms with Gasteiger partial charge >= 0.3 is 0 Å². The predicted octanol–water partition coefficient (Wildman–Crippen LogP) is 3.74. The molecule has 2 aromatic heterocycles. The van der Waals surface area contributed by atoms with Gasteiger partial charge in [0.1, 0.15) is 12.4 Å². The zero-order valence-corrected chi connectivity index (χ0v) is 17.4. The number of halogens is 1. The molecule has 0 unspecified atom stereocenters. The fourth-order valence-electron chi connectivity index (χ4n) is 3.06. The van der Waals surface area contributed by atoms with E-state index in [2.05, 4.69) is 20.7 Å². The van der Waals surface area contributed by atoms with E-state index in [0.717, 1.165) is 11.1 Å². The normalized spacial score (nSPS) is 10.9. The molecule has 7 nitrogen and oxygen atoms in total. The zero-order valence-electron chi connectivity index (χ0n) is 17.4. The van der Waals surface area contributed by atoms with Gasteiger partial charge in [-0.3, -0.25) is 9.59 Å². The van der Waals surface area contributed by atoms with Crippen LogP contribution in [0, 0.1) is 13.8 Å². The van der Waals surface area contributed by atoms with Gasteiger partial charge in [0.05, 0.1) is 16.9 Å². The Hall–Kier alpha value is -3.55. The monoisotopic (exact) mass is 409 g/mol. The van der Waals surface area contributed by atoms with Gasteiger partial charge in [-0.05, 0) is 57.0 Å². The summed E-state index contributed by atoms with van der Waals surface area (Å²) in [4.78, 5) is 30.0. The molecule has 3 aromatic rings. The van der Waals surface area contributed by atoms with E-state index in [0.29, 0.717) is 17.1 Å². The summed E-state index contributed by atoms with van der Waals surface area (Å²) in [6, 6.07) is 10.1. The van der Waals surface area contributed by atoms with Crippen LogP contribution >= 0.6 is 0 Å². The molecule has 2 amide bonds. The van der Waals surface area contributed by atoms with Crippen LogP contribution in [0.1, 0.15) is 51.5 Å². The second kappa shape index (κ2) is 8.86. The minimum absolute atomic E-state index is 0.0535. The largest absolute Gasteiger partial charge is 0.350 e. The Balaban J connectivity index is 2.01. The van der Waals surface area contributed by atoms with Crippen molar-refractivity contribution in [3.8, 4) is 5.82 Å². The molecule has 8 heteroatoms. The molecule has 1 aromatic carbocycles. The SMILES string of the molecule is Cc1cccnc1-n1nc(CF)cc1C(=O)Nc1c(C)cccc1C(=O)NC(C)C. The minimum Gasteiger partial charge on any atom is -0.350 e. The van der Waals surface area contributed by atoms with Gasteiger partial charge in [-0.15, -0.1) is 0 Å². The zero-order chi connectivity index (χ0) is 21.8. The lowest BCUT2D eigenvalue weighted by Crippen LogP contribution is -2.31. The number of aromatic nitrogens is 3. The quantitative estimate of drug-likeness (QED) is 0.649. The number of rotatable bonds is 6. The van der Waals surface area contributed by atoms with E-state index in [1.54, 1.807) is 37.4 Å². The average Bonchev–Trinajstić information content (AvgIpc) is 3.13. The van der Waals surface area contributed by atoms with Crippen molar-refractivity contribution in [3.05, 3.63) is 70.7 Å². The first kappa shape index (κ1) is 21.2. The van der Waals surface area contributed by atoms with Gasteiger partial charge in [0, 0.05) is 12.2 Å². The van der Waals surface area contributed by atoms with Crippen LogP contribution in [0.25, 0.3) is 5.82 Å². The minimum atomic E-state index is -0.814. The molecule has 0 radical (unpaired) electrons. The van der Waals surface area contributed by atoms with E-state index in [4.69, 9.17) is 0 Å². The van der Waals surface area contributed by atoms with Crippen molar-refractivity contribution < 1.29 is 14.0 Å². The van der Waals surface area contributed by atoms with Crippen molar-refractivity contribution >= 4 is 17.5 Å². The highest BCUT2D eigenvalue weighted by atomic mass is 19.1. The van der Waals surface area contributed by atoms with Crippen LogP contribution in [0.3, 0.4) is 0 Å². The number of carbonyl (C=O) groups is 2. The molecule has 0 aliphatic carbocycles. The summed E-state index contributed by atoms with van der Waals surface area (Å²) >= 11 is 0. The Morgan fingerprint density at radius 3 is 2.50 bits per heavy atom. The molecule has 0 aliphatic rings. The van der Waals surface area contributed by atoms with Gasteiger partial charge < -0.3 is 10.6 Å². The van der Waals surface area contributed by atoms with Gasteiger partial charge in [-0.2, -0.15) is 5.10 Å². The predicted molar refractivity (Wildman–Crippen MR) is 113 cm³/mol. The molecule has 2 heterocycles. The third-order valence-corrected chi connectivity index (χ3v) is 4.49. The Bertz CT molecular complexity index is 1090. The standard InChI is InChI=1S/C22H24FN5O2/c1-13(2)25-21(29)17-9-5-7-14(3)19(17)26-22(30)18-11-16(12-23)27-28(18)20-15(4)8-6-10-24-20/h5-11,13H,12H2,1-4H3,(H,25,29)(H,26,30). The Kier molecular flexibility index (Phi) is 6.25. The smallest absolute Gasteiger partial charge is 0.274 e. The number of benzene rings is 1. The number of alkyl halides is 1. The lowest BCUT2D eigenvalue weighted by atomic mass is 10.1. The molecule has 0 atom stereocenters. The molecule has 0 spiro atoms. The second-order valence-corrected chi connectivity index (χ2v) is 7.29. The van der Waals surface area contributed by atoms with E-state index in [1.165, 1.54) is 10.7 Å². The van der Waals surface area contributed by atoms with Crippen molar-refractivity contribution in [3.63, 3.8) is 0 Å². The van der Waals surface area contributed by atoms with E-state index < -0.39 is 12.6 Å². The molecule has 0 saturated carbocycles. The highest BCUT2D eigenvalue weighted by molar-refractivity contribution is 6.09. The average molecular weight is 409 g/mol. The summed E-state index contributed by atoms with van der Waals surface area (Å²) in [6.45, 7) is 6.54. The fraction of sp³-hybridized carbons (Fsp3) is 0.273. The first-order valence-corrected chi connectivity index (χ1v) is 9.60. The molecule has 0 saturated heterocycles. The Morgan fingerprint density at radius 2 is 1.83 bits per heavy atom. The lowest BCUT2D eigenvalue weighted by molar-refractivity contribution is 0.0944. The van der Waals surface area contributed by atoms with Gasteiger partial charge in [-0.1, -0.05) is 18.2 Å². The Morgan fingerprint density at radius 1 is 1.10 bits per heavy atom. The van der Waals surface area contributed by atoms with Crippen LogP contribution in [0.5, 0.6) is 0 Å². The molecule has 0 aliphatic heterocycles. The summed E-state index contributed by atoms with van der Waals surface area (Å²) in [5, 5.41) is 9.82. The lowest BCUT2D eigenvalue weighted by Gasteiger charge is -2.16.